The number of halogens is 1. The number of piperidine rings is 1. The third-order valence-corrected chi connectivity index (χ3v) is 6.52. The van der Waals surface area contributed by atoms with E-state index in [1.54, 1.807) is 24.5 Å². The third-order valence-electron chi connectivity index (χ3n) is 5.02. The lowest BCUT2D eigenvalue weighted by molar-refractivity contribution is 0.0447. The highest BCUT2D eigenvalue weighted by molar-refractivity contribution is 7.99. The number of carboxylic acids is 1. The zero-order valence-corrected chi connectivity index (χ0v) is 20.1. The summed E-state index contributed by atoms with van der Waals surface area (Å²) in [5, 5.41) is 13.0. The van der Waals surface area contributed by atoms with Crippen LogP contribution in [0.5, 0.6) is 0 Å². The van der Waals surface area contributed by atoms with Crippen molar-refractivity contribution in [3.63, 3.8) is 0 Å². The van der Waals surface area contributed by atoms with E-state index in [-0.39, 0.29) is 16.1 Å². The number of nitrogens with zero attached hydrogens (tertiary/aromatic N) is 3. The van der Waals surface area contributed by atoms with Crippen molar-refractivity contribution in [2.24, 2.45) is 0 Å². The predicted molar refractivity (Wildman–Crippen MR) is 124 cm³/mol. The van der Waals surface area contributed by atoms with Gasteiger partial charge in [-0.1, -0.05) is 29.4 Å². The number of ether oxygens (including phenoxy) is 1. The van der Waals surface area contributed by atoms with E-state index in [4.69, 9.17) is 16.3 Å². The largest absolute Gasteiger partial charge is 0.478 e. The van der Waals surface area contributed by atoms with Crippen molar-refractivity contribution in [3.05, 3.63) is 41.2 Å². The fourth-order valence-corrected chi connectivity index (χ4v) is 4.40. The summed E-state index contributed by atoms with van der Waals surface area (Å²) in [6.07, 6.45) is 4.45. The summed E-state index contributed by atoms with van der Waals surface area (Å²) in [4.78, 5) is 35.1. The Morgan fingerprint density at radius 2 is 1.91 bits per heavy atom. The van der Waals surface area contributed by atoms with Crippen molar-refractivity contribution in [3.8, 4) is 0 Å². The molecule has 8 nitrogen and oxygen atoms in total. The SMILES string of the molecule is CC1(NC(=O)OC(C)(C)C)CCN(c2cnc(Sc3cccc(C(=O)O)c3Cl)cn2)CC1. The van der Waals surface area contributed by atoms with Crippen LogP contribution in [0.2, 0.25) is 5.02 Å². The smallest absolute Gasteiger partial charge is 0.408 e. The van der Waals surface area contributed by atoms with Gasteiger partial charge in [-0.05, 0) is 52.7 Å². The minimum Gasteiger partial charge on any atom is -0.478 e. The number of hydrogen-bond donors (Lipinski definition) is 2. The average Bonchev–Trinajstić information content (AvgIpc) is 2.69. The number of carbonyl (C=O) groups is 2. The van der Waals surface area contributed by atoms with Crippen molar-refractivity contribution >= 4 is 41.2 Å². The van der Waals surface area contributed by atoms with Crippen LogP contribution in [-0.4, -0.2) is 51.4 Å². The molecule has 2 heterocycles. The number of aromatic nitrogens is 2. The lowest BCUT2D eigenvalue weighted by Gasteiger charge is -2.40. The second-order valence-electron chi connectivity index (χ2n) is 8.91. The Hall–Kier alpha value is -2.52. The van der Waals surface area contributed by atoms with Gasteiger partial charge in [-0.3, -0.25) is 0 Å². The van der Waals surface area contributed by atoms with Crippen LogP contribution in [0.25, 0.3) is 0 Å². The number of carbonyl (C=O) groups excluding carboxylic acids is 1. The number of alkyl carbamates (subject to hydrolysis) is 1. The Bertz CT molecular complexity index is 986. The minimum atomic E-state index is -1.07. The number of anilines is 1. The molecule has 0 spiro atoms. The molecule has 10 heteroatoms. The molecule has 1 aromatic carbocycles. The number of nitrogens with one attached hydrogen (secondary N) is 1. The highest BCUT2D eigenvalue weighted by atomic mass is 35.5. The van der Waals surface area contributed by atoms with Crippen LogP contribution in [-0.2, 0) is 4.74 Å². The second kappa shape index (κ2) is 9.54. The molecule has 1 saturated heterocycles. The quantitative estimate of drug-likeness (QED) is 0.627. The Morgan fingerprint density at radius 1 is 1.22 bits per heavy atom. The molecule has 1 aromatic heterocycles. The van der Waals surface area contributed by atoms with Gasteiger partial charge in [0.2, 0.25) is 0 Å². The summed E-state index contributed by atoms with van der Waals surface area (Å²) < 4.78 is 5.38. The third kappa shape index (κ3) is 6.26. The van der Waals surface area contributed by atoms with Crippen molar-refractivity contribution in [2.75, 3.05) is 18.0 Å². The zero-order chi connectivity index (χ0) is 23.5. The van der Waals surface area contributed by atoms with Gasteiger partial charge in [0.1, 0.15) is 16.4 Å². The summed E-state index contributed by atoms with van der Waals surface area (Å²) in [6.45, 7) is 8.99. The van der Waals surface area contributed by atoms with E-state index in [0.717, 1.165) is 31.7 Å². The fourth-order valence-electron chi connectivity index (χ4n) is 3.30. The summed E-state index contributed by atoms with van der Waals surface area (Å²) in [7, 11) is 0. The van der Waals surface area contributed by atoms with Crippen LogP contribution >= 0.6 is 23.4 Å². The molecule has 0 atom stereocenters. The Balaban J connectivity index is 1.59. The molecular formula is C22H27ClN4O4S. The van der Waals surface area contributed by atoms with E-state index >= 15 is 0 Å². The predicted octanol–water partition coefficient (Wildman–Crippen LogP) is 4.86. The van der Waals surface area contributed by atoms with Crippen LogP contribution in [0.1, 0.15) is 50.9 Å². The summed E-state index contributed by atoms with van der Waals surface area (Å²) >= 11 is 7.47. The minimum absolute atomic E-state index is 0.0533. The van der Waals surface area contributed by atoms with Gasteiger partial charge in [0.15, 0.2) is 0 Å². The molecule has 0 unspecified atom stereocenters. The number of hydrogen-bond acceptors (Lipinski definition) is 7. The number of benzene rings is 1. The summed E-state index contributed by atoms with van der Waals surface area (Å²) in [5.41, 5.74) is -0.818. The molecule has 0 bridgehead atoms. The molecule has 172 valence electrons. The molecule has 1 fully saturated rings. The lowest BCUT2D eigenvalue weighted by atomic mass is 9.90. The summed E-state index contributed by atoms with van der Waals surface area (Å²) in [5.74, 6) is -0.323. The monoisotopic (exact) mass is 478 g/mol. The number of carboxylic acid groups (broad SMARTS) is 1. The van der Waals surface area contributed by atoms with Crippen molar-refractivity contribution < 1.29 is 19.4 Å². The average molecular weight is 479 g/mol. The van der Waals surface area contributed by atoms with E-state index in [1.165, 1.54) is 17.8 Å². The molecule has 0 saturated carbocycles. The van der Waals surface area contributed by atoms with Crippen molar-refractivity contribution in [2.45, 2.75) is 61.6 Å². The van der Waals surface area contributed by atoms with Crippen LogP contribution < -0.4 is 10.2 Å². The van der Waals surface area contributed by atoms with Crippen LogP contribution in [0.4, 0.5) is 10.6 Å². The van der Waals surface area contributed by atoms with Crippen molar-refractivity contribution in [1.82, 2.24) is 15.3 Å². The Labute approximate surface area is 196 Å². The molecule has 1 aliphatic heterocycles. The first kappa shape index (κ1) is 24.1. The van der Waals surface area contributed by atoms with Gasteiger partial charge < -0.3 is 20.1 Å². The Kier molecular flexibility index (Phi) is 7.19. The van der Waals surface area contributed by atoms with E-state index < -0.39 is 17.7 Å². The maximum Gasteiger partial charge on any atom is 0.408 e. The molecule has 0 aliphatic carbocycles. The van der Waals surface area contributed by atoms with E-state index in [1.807, 2.05) is 27.7 Å². The molecule has 3 rings (SSSR count). The maximum atomic E-state index is 12.1. The van der Waals surface area contributed by atoms with Crippen LogP contribution in [0.3, 0.4) is 0 Å². The number of rotatable bonds is 5. The molecule has 2 aromatic rings. The summed E-state index contributed by atoms with van der Waals surface area (Å²) in [6, 6.07) is 4.86. The second-order valence-corrected chi connectivity index (χ2v) is 10.4. The maximum absolute atomic E-state index is 12.1. The van der Waals surface area contributed by atoms with Gasteiger partial charge in [-0.25, -0.2) is 19.6 Å². The first-order chi connectivity index (χ1) is 15.0. The van der Waals surface area contributed by atoms with Gasteiger partial charge in [0.25, 0.3) is 0 Å². The molecule has 0 radical (unpaired) electrons. The highest BCUT2D eigenvalue weighted by Crippen LogP contribution is 2.34. The van der Waals surface area contributed by atoms with Crippen molar-refractivity contribution in [1.29, 1.82) is 0 Å². The van der Waals surface area contributed by atoms with Gasteiger partial charge in [0.05, 0.1) is 23.0 Å². The Morgan fingerprint density at radius 3 is 2.47 bits per heavy atom. The molecule has 2 N–H and O–H groups in total. The first-order valence-electron chi connectivity index (χ1n) is 10.2. The fraction of sp³-hybridized carbons (Fsp3) is 0.455. The molecule has 1 amide bonds. The van der Waals surface area contributed by atoms with Crippen LogP contribution in [0, 0.1) is 0 Å². The highest BCUT2D eigenvalue weighted by Gasteiger charge is 2.33. The van der Waals surface area contributed by atoms with Gasteiger partial charge >= 0.3 is 12.1 Å². The molecular weight excluding hydrogens is 452 g/mol. The first-order valence-corrected chi connectivity index (χ1v) is 11.4. The lowest BCUT2D eigenvalue weighted by Crippen LogP contribution is -2.54. The van der Waals surface area contributed by atoms with Gasteiger partial charge in [-0.15, -0.1) is 0 Å². The topological polar surface area (TPSA) is 105 Å². The van der Waals surface area contributed by atoms with Crippen LogP contribution in [0.15, 0.2) is 40.5 Å². The molecule has 32 heavy (non-hydrogen) atoms. The molecule has 1 aliphatic rings. The van der Waals surface area contributed by atoms with Gasteiger partial charge in [-0.2, -0.15) is 0 Å². The van der Waals surface area contributed by atoms with E-state index in [0.29, 0.717) is 9.92 Å². The normalized spacial score (nSPS) is 15.8. The number of aromatic carboxylic acids is 1. The van der Waals surface area contributed by atoms with E-state index in [9.17, 15) is 14.7 Å². The number of amides is 1. The zero-order valence-electron chi connectivity index (χ0n) is 18.5. The standard InChI is InChI=1S/C22H27ClN4O4S/c1-21(2,3)31-20(30)26-22(4)8-10-27(11-9-22)16-12-25-17(13-24-16)32-15-7-5-6-14(18(15)23)19(28)29/h5-7,12-13H,8-11H2,1-4H3,(H,26,30)(H,28,29). The van der Waals surface area contributed by atoms with Gasteiger partial charge in [0, 0.05) is 23.5 Å². The van der Waals surface area contributed by atoms with E-state index in [2.05, 4.69) is 20.2 Å².